The van der Waals surface area contributed by atoms with Gasteiger partial charge in [-0.05, 0) is 71.8 Å². The van der Waals surface area contributed by atoms with E-state index in [1.54, 1.807) is 24.3 Å². The van der Waals surface area contributed by atoms with E-state index in [-0.39, 0.29) is 5.78 Å². The van der Waals surface area contributed by atoms with Crippen LogP contribution in [0, 0.1) is 0 Å². The molecular formula is C31H23NO4. The number of aliphatic hydroxyl groups excluding tert-OH is 1. The summed E-state index contributed by atoms with van der Waals surface area (Å²) in [5.74, 6) is 0.476. The highest BCUT2D eigenvalue weighted by molar-refractivity contribution is 6.04. The number of nitrogens with zero attached hydrogens (tertiary/aromatic N) is 1. The van der Waals surface area contributed by atoms with Gasteiger partial charge in [-0.15, -0.1) is 0 Å². The molecule has 6 rings (SSSR count). The lowest BCUT2D eigenvalue weighted by atomic mass is 9.93. The zero-order chi connectivity index (χ0) is 24.5. The molecule has 0 saturated carbocycles. The summed E-state index contributed by atoms with van der Waals surface area (Å²) < 4.78 is 11.3. The molecule has 0 radical (unpaired) electrons. The lowest BCUT2D eigenvalue weighted by molar-refractivity contribution is 0.0135. The van der Waals surface area contributed by atoms with Crippen LogP contribution in [0.2, 0.25) is 0 Å². The Labute approximate surface area is 208 Å². The number of carbonyl (C=O) groups is 1. The number of hydrogen-bond donors (Lipinski definition) is 1. The van der Waals surface area contributed by atoms with Crippen LogP contribution in [-0.2, 0) is 0 Å². The Bertz CT molecular complexity index is 1440. The van der Waals surface area contributed by atoms with E-state index >= 15 is 0 Å². The Morgan fingerprint density at radius 3 is 1.89 bits per heavy atom. The number of fused-ring (bicyclic) bond motifs is 1. The molecule has 5 nitrogen and oxygen atoms in total. The zero-order valence-electron chi connectivity index (χ0n) is 19.3. The monoisotopic (exact) mass is 473 g/mol. The van der Waals surface area contributed by atoms with Crippen molar-refractivity contribution < 1.29 is 19.1 Å². The topological polar surface area (TPSA) is 62.9 Å². The van der Waals surface area contributed by atoms with Crippen LogP contribution in [0.4, 0.5) is 17.1 Å². The Kier molecular flexibility index (Phi) is 5.60. The molecule has 1 N–H and O–H groups in total. The smallest absolute Gasteiger partial charge is 0.199 e. The number of ketones is 1. The van der Waals surface area contributed by atoms with Gasteiger partial charge in [0.25, 0.3) is 0 Å². The molecular weight excluding hydrogens is 450 g/mol. The molecule has 0 bridgehead atoms. The van der Waals surface area contributed by atoms with Crippen LogP contribution in [0.3, 0.4) is 0 Å². The highest BCUT2D eigenvalue weighted by Crippen LogP contribution is 2.39. The average Bonchev–Trinajstić information content (AvgIpc) is 3.47. The maximum atomic E-state index is 13.0. The first-order chi connectivity index (χ1) is 17.7. The third-order valence-corrected chi connectivity index (χ3v) is 6.37. The fourth-order valence-electron chi connectivity index (χ4n) is 4.57. The van der Waals surface area contributed by atoms with E-state index in [9.17, 15) is 9.90 Å². The molecule has 1 aromatic heterocycles. The Hall–Kier alpha value is -4.61. The molecule has 2 heterocycles. The Balaban J connectivity index is 1.32. The minimum atomic E-state index is -1.33. The summed E-state index contributed by atoms with van der Waals surface area (Å²) in [6, 6.07) is 37.5. The highest BCUT2D eigenvalue weighted by atomic mass is 16.5. The van der Waals surface area contributed by atoms with Gasteiger partial charge in [0, 0.05) is 17.1 Å². The number of para-hydroxylation sites is 2. The highest BCUT2D eigenvalue weighted by Gasteiger charge is 2.38. The fraction of sp³-hybridized carbons (Fsp3) is 0.0645. The molecule has 1 aliphatic heterocycles. The van der Waals surface area contributed by atoms with Gasteiger partial charge in [-0.1, -0.05) is 54.6 Å². The fourth-order valence-corrected chi connectivity index (χ4v) is 4.57. The maximum absolute atomic E-state index is 13.0. The van der Waals surface area contributed by atoms with E-state index in [0.717, 1.165) is 28.2 Å². The largest absolute Gasteiger partial charge is 0.478 e. The van der Waals surface area contributed by atoms with Gasteiger partial charge < -0.3 is 19.2 Å². The first kappa shape index (κ1) is 21.9. The van der Waals surface area contributed by atoms with Crippen LogP contribution in [0.5, 0.6) is 5.75 Å². The van der Waals surface area contributed by atoms with Gasteiger partial charge in [0.1, 0.15) is 11.5 Å². The average molecular weight is 474 g/mol. The van der Waals surface area contributed by atoms with Crippen molar-refractivity contribution in [3.63, 3.8) is 0 Å². The third kappa shape index (κ3) is 3.96. The first-order valence-electron chi connectivity index (χ1n) is 11.8. The van der Waals surface area contributed by atoms with Gasteiger partial charge in [-0.2, -0.15) is 0 Å². The predicted octanol–water partition coefficient (Wildman–Crippen LogP) is 7.09. The van der Waals surface area contributed by atoms with Crippen molar-refractivity contribution in [2.45, 2.75) is 12.2 Å². The Morgan fingerprint density at radius 1 is 0.667 bits per heavy atom. The predicted molar refractivity (Wildman–Crippen MR) is 139 cm³/mol. The van der Waals surface area contributed by atoms with Crippen molar-refractivity contribution in [3.05, 3.63) is 133 Å². The molecule has 0 saturated heterocycles. The van der Waals surface area contributed by atoms with Crippen molar-refractivity contribution in [1.29, 1.82) is 0 Å². The summed E-state index contributed by atoms with van der Waals surface area (Å²) in [6.45, 7) is 0. The van der Waals surface area contributed by atoms with Crippen LogP contribution in [0.25, 0.3) is 11.1 Å². The summed E-state index contributed by atoms with van der Waals surface area (Å²) in [5, 5.41) is 10.6. The number of rotatable bonds is 5. The van der Waals surface area contributed by atoms with Crippen molar-refractivity contribution in [3.8, 4) is 16.9 Å². The van der Waals surface area contributed by atoms with E-state index in [1.165, 1.54) is 6.26 Å². The number of anilines is 3. The molecule has 36 heavy (non-hydrogen) atoms. The van der Waals surface area contributed by atoms with Gasteiger partial charge in [0.2, 0.25) is 0 Å². The zero-order valence-corrected chi connectivity index (χ0v) is 19.3. The molecule has 176 valence electrons. The second-order valence-corrected chi connectivity index (χ2v) is 8.63. The maximum Gasteiger partial charge on any atom is 0.199 e. The van der Waals surface area contributed by atoms with Gasteiger partial charge in [0.05, 0.1) is 11.8 Å². The minimum absolute atomic E-state index is 0.363. The summed E-state index contributed by atoms with van der Waals surface area (Å²) in [7, 11) is 0. The molecule has 0 aliphatic carbocycles. The van der Waals surface area contributed by atoms with Crippen molar-refractivity contribution in [2.24, 2.45) is 0 Å². The van der Waals surface area contributed by atoms with E-state index in [2.05, 4.69) is 41.3 Å². The Morgan fingerprint density at radius 2 is 1.28 bits per heavy atom. The number of carbonyl (C=O) groups excluding carboxylic acids is 1. The second-order valence-electron chi connectivity index (χ2n) is 8.63. The van der Waals surface area contributed by atoms with Crippen LogP contribution in [0.15, 0.2) is 126 Å². The van der Waals surface area contributed by atoms with Gasteiger partial charge in [-0.3, -0.25) is 4.79 Å². The number of aliphatic hydroxyl groups is 1. The molecule has 0 fully saturated rings. The normalized spacial score (nSPS) is 16.8. The number of furan rings is 1. The number of benzene rings is 4. The lowest BCUT2D eigenvalue weighted by Crippen LogP contribution is -2.36. The summed E-state index contributed by atoms with van der Waals surface area (Å²) in [6.07, 6.45) is -0.687. The van der Waals surface area contributed by atoms with E-state index < -0.39 is 12.2 Å². The van der Waals surface area contributed by atoms with Crippen LogP contribution in [-0.4, -0.2) is 17.0 Å². The molecule has 1 aliphatic rings. The van der Waals surface area contributed by atoms with E-state index in [4.69, 9.17) is 9.15 Å². The standard InChI is InChI=1S/C31H23NO4/c33-29-26-20-22(15-18-27(26)36-31(30(29)34)28-12-7-19-35-28)21-13-16-25(17-14-21)32(23-8-3-1-4-9-23)24-10-5-2-6-11-24/h1-20,30-31,34H. The number of Topliss-reactive ketones (excluding diaryl/α,β-unsaturated/α-hetero) is 1. The first-order valence-corrected chi connectivity index (χ1v) is 11.8. The van der Waals surface area contributed by atoms with Crippen molar-refractivity contribution >= 4 is 22.8 Å². The molecule has 0 amide bonds. The van der Waals surface area contributed by atoms with Gasteiger partial charge in [0.15, 0.2) is 18.0 Å². The second kappa shape index (κ2) is 9.21. The molecule has 2 unspecified atom stereocenters. The summed E-state index contributed by atoms with van der Waals surface area (Å²) in [5.41, 5.74) is 5.33. The summed E-state index contributed by atoms with van der Waals surface area (Å²) >= 11 is 0. The van der Waals surface area contributed by atoms with Gasteiger partial charge in [-0.25, -0.2) is 0 Å². The third-order valence-electron chi connectivity index (χ3n) is 6.37. The number of hydrogen-bond acceptors (Lipinski definition) is 5. The lowest BCUT2D eigenvalue weighted by Gasteiger charge is -2.28. The van der Waals surface area contributed by atoms with Crippen molar-refractivity contribution in [2.75, 3.05) is 4.90 Å². The van der Waals surface area contributed by atoms with E-state index in [0.29, 0.717) is 17.1 Å². The number of ether oxygens (including phenoxy) is 1. The van der Waals surface area contributed by atoms with E-state index in [1.807, 2.05) is 54.6 Å². The SMILES string of the molecule is O=C1c2cc(-c3ccc(N(c4ccccc4)c4ccccc4)cc3)ccc2OC(c2ccco2)C1O. The quantitative estimate of drug-likeness (QED) is 0.295. The molecule has 2 atom stereocenters. The molecule has 5 aromatic rings. The molecule has 0 spiro atoms. The van der Waals surface area contributed by atoms with Crippen molar-refractivity contribution in [1.82, 2.24) is 0 Å². The van der Waals surface area contributed by atoms with Crippen LogP contribution < -0.4 is 9.64 Å². The minimum Gasteiger partial charge on any atom is -0.478 e. The summed E-state index contributed by atoms with van der Waals surface area (Å²) in [4.78, 5) is 15.2. The van der Waals surface area contributed by atoms with Gasteiger partial charge >= 0.3 is 0 Å². The van der Waals surface area contributed by atoms with Crippen LogP contribution in [0.1, 0.15) is 22.2 Å². The van der Waals surface area contributed by atoms with Crippen LogP contribution >= 0.6 is 0 Å². The molecule has 5 heteroatoms. The molecule has 4 aromatic carbocycles.